The molecule has 13 heteroatoms. The minimum Gasteiger partial charge on any atom is -0.356 e. The molecule has 2 aliphatic rings. The third kappa shape index (κ3) is 6.20. The summed E-state index contributed by atoms with van der Waals surface area (Å²) in [5.74, 6) is -0.124. The van der Waals surface area contributed by atoms with E-state index in [0.717, 1.165) is 36.9 Å². The lowest BCUT2D eigenvalue weighted by molar-refractivity contribution is -0.131. The van der Waals surface area contributed by atoms with Crippen molar-refractivity contribution in [1.82, 2.24) is 34.8 Å². The van der Waals surface area contributed by atoms with Crippen LogP contribution >= 0.6 is 23.2 Å². The van der Waals surface area contributed by atoms with E-state index in [1.165, 1.54) is 17.7 Å². The molecule has 228 valence electrons. The molecule has 2 aromatic heterocycles. The van der Waals surface area contributed by atoms with Crippen molar-refractivity contribution >= 4 is 40.7 Å². The van der Waals surface area contributed by atoms with E-state index in [2.05, 4.69) is 26.6 Å². The lowest BCUT2D eigenvalue weighted by atomic mass is 9.98. The van der Waals surface area contributed by atoms with Gasteiger partial charge in [0.25, 0.3) is 5.56 Å². The van der Waals surface area contributed by atoms with Crippen LogP contribution in [0.3, 0.4) is 0 Å². The van der Waals surface area contributed by atoms with E-state index in [0.29, 0.717) is 48.1 Å². The second-order valence-corrected chi connectivity index (χ2v) is 11.9. The first-order valence-corrected chi connectivity index (χ1v) is 15.4. The molecule has 1 saturated heterocycles. The molecule has 2 aromatic carbocycles. The number of nitrogens with one attached hydrogen (secondary N) is 1. The van der Waals surface area contributed by atoms with Gasteiger partial charge in [0.15, 0.2) is 5.15 Å². The predicted molar refractivity (Wildman–Crippen MR) is 168 cm³/mol. The molecule has 0 spiro atoms. The predicted octanol–water partition coefficient (Wildman–Crippen LogP) is 4.11. The molecule has 2 atom stereocenters. The molecular weight excluding hydrogens is 603 g/mol. The summed E-state index contributed by atoms with van der Waals surface area (Å²) in [6.07, 6.45) is 6.44. The second-order valence-electron chi connectivity index (χ2n) is 11.1. The van der Waals surface area contributed by atoms with Gasteiger partial charge < -0.3 is 15.1 Å². The minimum absolute atomic E-state index is 0.0421. The highest BCUT2D eigenvalue weighted by molar-refractivity contribution is 6.31. The molecule has 4 aromatic rings. The number of carbonyl (C=O) groups excluding carboxylic acids is 2. The molecular formula is C31H32Cl2N8O3. The molecule has 0 aliphatic carbocycles. The van der Waals surface area contributed by atoms with E-state index in [9.17, 15) is 14.4 Å². The van der Waals surface area contributed by atoms with E-state index in [-0.39, 0.29) is 28.6 Å². The van der Waals surface area contributed by atoms with Crippen LogP contribution < -0.4 is 15.8 Å². The first kappa shape index (κ1) is 29.8. The molecule has 0 unspecified atom stereocenters. The summed E-state index contributed by atoms with van der Waals surface area (Å²) in [6.45, 7) is 3.48. The van der Waals surface area contributed by atoms with Crippen molar-refractivity contribution in [2.45, 2.75) is 44.7 Å². The Labute approximate surface area is 264 Å². The Hall–Kier alpha value is -4.22. The average molecular weight is 636 g/mol. The number of rotatable bonds is 3. The van der Waals surface area contributed by atoms with Crippen LogP contribution in [0.2, 0.25) is 10.2 Å². The maximum atomic E-state index is 13.8. The highest BCUT2D eigenvalue weighted by atomic mass is 35.5. The third-order valence-electron chi connectivity index (χ3n) is 8.29. The number of amides is 2. The summed E-state index contributed by atoms with van der Waals surface area (Å²) < 4.78 is 3.19. The number of carbonyl (C=O) groups is 2. The summed E-state index contributed by atoms with van der Waals surface area (Å²) >= 11 is 12.3. The van der Waals surface area contributed by atoms with E-state index in [1.54, 1.807) is 40.2 Å². The average Bonchev–Trinajstić information content (AvgIpc) is 3.46. The molecule has 6 rings (SSSR count). The summed E-state index contributed by atoms with van der Waals surface area (Å²) in [5, 5.41) is 11.7. The van der Waals surface area contributed by atoms with Gasteiger partial charge in [0.2, 0.25) is 11.8 Å². The van der Waals surface area contributed by atoms with Crippen LogP contribution in [0, 0.1) is 0 Å². The molecule has 4 heterocycles. The zero-order valence-electron chi connectivity index (χ0n) is 24.2. The number of hydrogen-bond donors (Lipinski definition) is 1. The highest BCUT2D eigenvalue weighted by Crippen LogP contribution is 2.31. The number of anilines is 1. The van der Waals surface area contributed by atoms with Gasteiger partial charge in [0.05, 0.1) is 36.5 Å². The highest BCUT2D eigenvalue weighted by Gasteiger charge is 2.34. The Balaban J connectivity index is 1.37. The first-order valence-electron chi connectivity index (χ1n) is 14.6. The fourth-order valence-electron chi connectivity index (χ4n) is 6.01. The molecule has 1 fully saturated rings. The smallest absolute Gasteiger partial charge is 0.254 e. The van der Waals surface area contributed by atoms with E-state index >= 15 is 0 Å². The van der Waals surface area contributed by atoms with Gasteiger partial charge in [-0.1, -0.05) is 53.4 Å². The molecule has 2 bridgehead atoms. The number of nitrogens with zero attached hydrogens (tertiary/aromatic N) is 7. The summed E-state index contributed by atoms with van der Waals surface area (Å²) in [4.78, 5) is 47.7. The van der Waals surface area contributed by atoms with Crippen LogP contribution in [0.4, 0.5) is 5.69 Å². The van der Waals surface area contributed by atoms with Crippen molar-refractivity contribution < 1.29 is 9.59 Å². The lowest BCUT2D eigenvalue weighted by Gasteiger charge is -2.41. The van der Waals surface area contributed by atoms with Gasteiger partial charge >= 0.3 is 0 Å². The number of benzene rings is 2. The standard InChI is InChI=1S/C31H32Cl2N8O3/c1-20(42)38-12-13-39-23-7-5-6-21(14-23)26(8-3-2-4-11-34-31(44)28(39)17-38)40-19-35-25(16-30(40)43)24-15-22(32)9-10-27(24)41-18-29(33)36-37-41/h5-7,9-10,14-16,18-19,26,28H,2-4,8,11-13,17H2,1H3,(H,34,44)/t26-,28+/m0/s1. The van der Waals surface area contributed by atoms with Crippen LogP contribution in [0.5, 0.6) is 0 Å². The molecule has 0 saturated carbocycles. The Bertz CT molecular complexity index is 1760. The van der Waals surface area contributed by atoms with Crippen LogP contribution in [-0.2, 0) is 9.59 Å². The molecule has 0 radical (unpaired) electrons. The topological polar surface area (TPSA) is 118 Å². The van der Waals surface area contributed by atoms with Gasteiger partial charge in [0, 0.05) is 48.9 Å². The maximum Gasteiger partial charge on any atom is 0.254 e. The Kier molecular flexibility index (Phi) is 8.67. The van der Waals surface area contributed by atoms with Crippen molar-refractivity contribution in [3.8, 4) is 16.9 Å². The van der Waals surface area contributed by atoms with E-state index in [4.69, 9.17) is 28.2 Å². The molecule has 1 N–H and O–H groups in total. The summed E-state index contributed by atoms with van der Waals surface area (Å²) in [6, 6.07) is 14.0. The molecule has 11 nitrogen and oxygen atoms in total. The number of hydrogen-bond acceptors (Lipinski definition) is 7. The zero-order chi connectivity index (χ0) is 30.8. The first-order chi connectivity index (χ1) is 21.3. The van der Waals surface area contributed by atoms with Crippen LogP contribution in [0.25, 0.3) is 16.9 Å². The zero-order valence-corrected chi connectivity index (χ0v) is 25.7. The van der Waals surface area contributed by atoms with Crippen molar-refractivity contribution in [1.29, 1.82) is 0 Å². The largest absolute Gasteiger partial charge is 0.356 e. The second kappa shape index (κ2) is 12.8. The number of fused-ring (bicyclic) bond motifs is 4. The van der Waals surface area contributed by atoms with E-state index in [1.807, 2.05) is 18.2 Å². The quantitative estimate of drug-likeness (QED) is 0.360. The monoisotopic (exact) mass is 634 g/mol. The lowest BCUT2D eigenvalue weighted by Crippen LogP contribution is -2.60. The number of aromatic nitrogens is 5. The molecule has 44 heavy (non-hydrogen) atoms. The van der Waals surface area contributed by atoms with Crippen molar-refractivity contribution in [2.24, 2.45) is 0 Å². The van der Waals surface area contributed by atoms with Crippen molar-refractivity contribution in [2.75, 3.05) is 31.1 Å². The number of piperazine rings is 1. The molecule has 2 aliphatic heterocycles. The Morgan fingerprint density at radius 1 is 1.00 bits per heavy atom. The molecule has 2 amide bonds. The van der Waals surface area contributed by atoms with Crippen molar-refractivity contribution in [3.63, 3.8) is 0 Å². The van der Waals surface area contributed by atoms with Crippen molar-refractivity contribution in [3.05, 3.63) is 87.1 Å². The van der Waals surface area contributed by atoms with Gasteiger partial charge in [-0.2, -0.15) is 0 Å². The van der Waals surface area contributed by atoms with Gasteiger partial charge in [-0.15, -0.1) is 5.10 Å². The number of halogens is 2. The summed E-state index contributed by atoms with van der Waals surface area (Å²) in [5.41, 5.74) is 3.32. The van der Waals surface area contributed by atoms with Crippen LogP contribution in [0.15, 0.2) is 65.8 Å². The minimum atomic E-state index is -0.502. The normalized spacial score (nSPS) is 19.3. The van der Waals surface area contributed by atoms with Gasteiger partial charge in [-0.3, -0.25) is 19.0 Å². The fraction of sp³-hybridized carbons (Fsp3) is 0.355. The SMILES string of the molecule is CC(=O)N1CCN2c3cccc(c3)[C@@H](n3cnc(-c4cc(Cl)ccc4-n4cc(Cl)nn4)cc3=O)CCCCCNC(=O)[C@H]2C1. The Morgan fingerprint density at radius 2 is 1.86 bits per heavy atom. The van der Waals surface area contributed by atoms with Gasteiger partial charge in [-0.05, 0) is 48.7 Å². The van der Waals surface area contributed by atoms with Gasteiger partial charge in [-0.25, -0.2) is 9.67 Å². The third-order valence-corrected chi connectivity index (χ3v) is 8.70. The van der Waals surface area contributed by atoms with Crippen LogP contribution in [-0.4, -0.2) is 73.5 Å². The summed E-state index contributed by atoms with van der Waals surface area (Å²) in [7, 11) is 0. The Morgan fingerprint density at radius 3 is 2.64 bits per heavy atom. The van der Waals surface area contributed by atoms with E-state index < -0.39 is 6.04 Å². The van der Waals surface area contributed by atoms with Gasteiger partial charge in [0.1, 0.15) is 6.04 Å². The fourth-order valence-corrected chi connectivity index (χ4v) is 6.31. The maximum absolute atomic E-state index is 13.8. The van der Waals surface area contributed by atoms with Crippen LogP contribution in [0.1, 0.15) is 44.2 Å².